The van der Waals surface area contributed by atoms with Crippen molar-refractivity contribution in [1.82, 2.24) is 15.3 Å². The van der Waals surface area contributed by atoms with Crippen molar-refractivity contribution in [3.8, 4) is 0 Å². The van der Waals surface area contributed by atoms with Gasteiger partial charge in [-0.15, -0.1) is 0 Å². The molecule has 1 atom stereocenters. The zero-order valence-electron chi connectivity index (χ0n) is 14.0. The third-order valence-corrected chi connectivity index (χ3v) is 4.47. The number of carbonyl (C=O) groups is 1. The molecule has 0 unspecified atom stereocenters. The summed E-state index contributed by atoms with van der Waals surface area (Å²) in [4.78, 5) is 30.6. The first-order valence-corrected chi connectivity index (χ1v) is 9.11. The molecule has 1 heterocycles. The predicted molar refractivity (Wildman–Crippen MR) is 97.4 cm³/mol. The summed E-state index contributed by atoms with van der Waals surface area (Å²) in [5, 5.41) is 3.42. The number of aromatic nitrogens is 2. The maximum atomic E-state index is 12.0. The van der Waals surface area contributed by atoms with Crippen molar-refractivity contribution in [2.24, 2.45) is 0 Å². The van der Waals surface area contributed by atoms with Crippen LogP contribution in [0.15, 0.2) is 46.3 Å². The normalized spacial score (nSPS) is 11.9. The zero-order chi connectivity index (χ0) is 17.4. The number of carbonyl (C=O) groups excluding carboxylic acids is 1. The van der Waals surface area contributed by atoms with Crippen molar-refractivity contribution < 1.29 is 4.79 Å². The molecule has 1 aromatic heterocycles. The van der Waals surface area contributed by atoms with E-state index >= 15 is 0 Å². The number of hydrogen-bond acceptors (Lipinski definition) is 4. The molecule has 0 fully saturated rings. The van der Waals surface area contributed by atoms with Crippen LogP contribution < -0.4 is 10.9 Å². The molecule has 0 aliphatic carbocycles. The van der Waals surface area contributed by atoms with Crippen LogP contribution in [0.25, 0.3) is 0 Å². The number of nitrogens with one attached hydrogen (secondary N) is 2. The van der Waals surface area contributed by atoms with Gasteiger partial charge < -0.3 is 10.3 Å². The van der Waals surface area contributed by atoms with Crippen molar-refractivity contribution in [3.05, 3.63) is 58.0 Å². The van der Waals surface area contributed by atoms with Crippen molar-refractivity contribution >= 4 is 17.7 Å². The van der Waals surface area contributed by atoms with Crippen LogP contribution >= 0.6 is 11.8 Å². The number of benzene rings is 1. The molecular formula is C18H23N3O2S. The van der Waals surface area contributed by atoms with Crippen LogP contribution in [0.2, 0.25) is 0 Å². The van der Waals surface area contributed by atoms with Gasteiger partial charge in [-0.2, -0.15) is 0 Å². The highest BCUT2D eigenvalue weighted by Gasteiger charge is 2.09. The minimum Gasteiger partial charge on any atom is -0.355 e. The Morgan fingerprint density at radius 2 is 2.08 bits per heavy atom. The molecule has 5 nitrogen and oxygen atoms in total. The minimum atomic E-state index is -0.172. The number of H-pyrrole nitrogens is 1. The Kier molecular flexibility index (Phi) is 7.06. The van der Waals surface area contributed by atoms with Gasteiger partial charge in [0.15, 0.2) is 5.16 Å². The molecular weight excluding hydrogens is 322 g/mol. The van der Waals surface area contributed by atoms with E-state index in [9.17, 15) is 9.59 Å². The molecule has 6 heteroatoms. The molecule has 0 radical (unpaired) electrons. The number of amides is 1. The summed E-state index contributed by atoms with van der Waals surface area (Å²) in [5.74, 6) is 0.428. The molecule has 24 heavy (non-hydrogen) atoms. The fraction of sp³-hybridized carbons (Fsp3) is 0.389. The summed E-state index contributed by atoms with van der Waals surface area (Å²) in [6.07, 6.45) is 1.69. The second kappa shape index (κ2) is 9.27. The van der Waals surface area contributed by atoms with E-state index in [4.69, 9.17) is 0 Å². The lowest BCUT2D eigenvalue weighted by atomic mass is 10.0. The van der Waals surface area contributed by atoms with Crippen LogP contribution in [-0.2, 0) is 11.2 Å². The SMILES string of the molecule is CCCc1cc(=O)[nH]c(SCC(=O)NC[C@@H](C)c2ccccc2)n1. The van der Waals surface area contributed by atoms with E-state index in [1.165, 1.54) is 23.4 Å². The van der Waals surface area contributed by atoms with E-state index < -0.39 is 0 Å². The van der Waals surface area contributed by atoms with Gasteiger partial charge in [0.2, 0.25) is 5.91 Å². The summed E-state index contributed by atoms with van der Waals surface area (Å²) in [6, 6.07) is 11.6. The van der Waals surface area contributed by atoms with Gasteiger partial charge in [-0.3, -0.25) is 9.59 Å². The molecule has 0 aliphatic rings. The Bertz CT molecular complexity index is 716. The maximum absolute atomic E-state index is 12.0. The first-order valence-electron chi connectivity index (χ1n) is 8.13. The third-order valence-electron chi connectivity index (χ3n) is 3.59. The zero-order valence-corrected chi connectivity index (χ0v) is 14.9. The van der Waals surface area contributed by atoms with Gasteiger partial charge in [0.1, 0.15) is 0 Å². The predicted octanol–water partition coefficient (Wildman–Crippen LogP) is 2.73. The Morgan fingerprint density at radius 3 is 2.79 bits per heavy atom. The first-order chi connectivity index (χ1) is 11.6. The topological polar surface area (TPSA) is 74.8 Å². The van der Waals surface area contributed by atoms with Gasteiger partial charge >= 0.3 is 0 Å². The molecule has 0 bridgehead atoms. The first kappa shape index (κ1) is 18.3. The smallest absolute Gasteiger partial charge is 0.251 e. The molecule has 0 aliphatic heterocycles. The second-order valence-corrected chi connectivity index (χ2v) is 6.66. The Hall–Kier alpha value is -2.08. The Balaban J connectivity index is 1.82. The number of thioether (sulfide) groups is 1. The van der Waals surface area contributed by atoms with Gasteiger partial charge in [0.25, 0.3) is 5.56 Å². The van der Waals surface area contributed by atoms with Crippen LogP contribution in [0.1, 0.15) is 37.4 Å². The van der Waals surface area contributed by atoms with E-state index in [2.05, 4.69) is 34.3 Å². The van der Waals surface area contributed by atoms with E-state index in [-0.39, 0.29) is 23.1 Å². The Morgan fingerprint density at radius 1 is 1.33 bits per heavy atom. The number of hydrogen-bond donors (Lipinski definition) is 2. The average Bonchev–Trinajstić information content (AvgIpc) is 2.58. The molecule has 0 saturated carbocycles. The number of rotatable bonds is 8. The third kappa shape index (κ3) is 5.85. The molecule has 2 N–H and O–H groups in total. The quantitative estimate of drug-likeness (QED) is 0.570. The standard InChI is InChI=1S/C18H23N3O2S/c1-3-7-15-10-16(22)21-18(20-15)24-12-17(23)19-11-13(2)14-8-5-4-6-9-14/h4-6,8-10,13H,3,7,11-12H2,1-2H3,(H,19,23)(H,20,21,22)/t13-/m1/s1. The summed E-state index contributed by atoms with van der Waals surface area (Å²) in [7, 11) is 0. The molecule has 0 spiro atoms. The maximum Gasteiger partial charge on any atom is 0.251 e. The second-order valence-electron chi connectivity index (χ2n) is 5.70. The highest BCUT2D eigenvalue weighted by Crippen LogP contribution is 2.14. The van der Waals surface area contributed by atoms with Gasteiger partial charge in [0, 0.05) is 18.3 Å². The fourth-order valence-corrected chi connectivity index (χ4v) is 3.01. The summed E-state index contributed by atoms with van der Waals surface area (Å²) in [5.41, 5.74) is 1.79. The van der Waals surface area contributed by atoms with E-state index in [1.54, 1.807) is 0 Å². The van der Waals surface area contributed by atoms with Gasteiger partial charge in [-0.1, -0.05) is 62.4 Å². The van der Waals surface area contributed by atoms with Crippen LogP contribution in [0.5, 0.6) is 0 Å². The van der Waals surface area contributed by atoms with Crippen molar-refractivity contribution in [2.75, 3.05) is 12.3 Å². The van der Waals surface area contributed by atoms with Crippen molar-refractivity contribution in [3.63, 3.8) is 0 Å². The lowest BCUT2D eigenvalue weighted by Gasteiger charge is -2.12. The fourth-order valence-electron chi connectivity index (χ4n) is 2.29. The van der Waals surface area contributed by atoms with Crippen LogP contribution in [-0.4, -0.2) is 28.2 Å². The van der Waals surface area contributed by atoms with Crippen LogP contribution in [0.3, 0.4) is 0 Å². The summed E-state index contributed by atoms with van der Waals surface area (Å²) in [6.45, 7) is 4.70. The summed E-state index contributed by atoms with van der Waals surface area (Å²) >= 11 is 1.25. The lowest BCUT2D eigenvalue weighted by molar-refractivity contribution is -0.118. The average molecular weight is 345 g/mol. The number of nitrogens with zero attached hydrogens (tertiary/aromatic N) is 1. The van der Waals surface area contributed by atoms with Crippen LogP contribution in [0, 0.1) is 0 Å². The van der Waals surface area contributed by atoms with Crippen LogP contribution in [0.4, 0.5) is 0 Å². The molecule has 1 aromatic carbocycles. The largest absolute Gasteiger partial charge is 0.355 e. The number of aromatic amines is 1. The highest BCUT2D eigenvalue weighted by molar-refractivity contribution is 7.99. The molecule has 128 valence electrons. The van der Waals surface area contributed by atoms with Crippen molar-refractivity contribution in [1.29, 1.82) is 0 Å². The molecule has 2 aromatic rings. The summed E-state index contributed by atoms with van der Waals surface area (Å²) < 4.78 is 0. The highest BCUT2D eigenvalue weighted by atomic mass is 32.2. The van der Waals surface area contributed by atoms with E-state index in [0.29, 0.717) is 11.7 Å². The van der Waals surface area contributed by atoms with E-state index in [1.807, 2.05) is 25.1 Å². The number of aryl methyl sites for hydroxylation is 1. The van der Waals surface area contributed by atoms with E-state index in [0.717, 1.165) is 18.5 Å². The lowest BCUT2D eigenvalue weighted by Crippen LogP contribution is -2.29. The van der Waals surface area contributed by atoms with Gasteiger partial charge in [-0.25, -0.2) is 4.98 Å². The minimum absolute atomic E-state index is 0.0636. The Labute approximate surface area is 146 Å². The van der Waals surface area contributed by atoms with Crippen molar-refractivity contribution in [2.45, 2.75) is 37.8 Å². The molecule has 1 amide bonds. The van der Waals surface area contributed by atoms with Gasteiger partial charge in [0.05, 0.1) is 5.75 Å². The molecule has 0 saturated heterocycles. The van der Waals surface area contributed by atoms with Gasteiger partial charge in [-0.05, 0) is 17.9 Å². The molecule has 2 rings (SSSR count). The monoisotopic (exact) mass is 345 g/mol.